The Morgan fingerprint density at radius 1 is 1.06 bits per heavy atom. The fourth-order valence-corrected chi connectivity index (χ4v) is 3.04. The Morgan fingerprint density at radius 3 is 2.45 bits per heavy atom. The van der Waals surface area contributed by atoms with E-state index in [9.17, 15) is 14.9 Å². The molecule has 3 rings (SSSR count). The van der Waals surface area contributed by atoms with Crippen LogP contribution in [-0.2, 0) is 4.79 Å². The van der Waals surface area contributed by atoms with E-state index >= 15 is 0 Å². The first kappa shape index (κ1) is 23.1. The van der Waals surface area contributed by atoms with Crippen LogP contribution >= 0.6 is 0 Å². The molecule has 0 bridgehead atoms. The summed E-state index contributed by atoms with van der Waals surface area (Å²) in [6.07, 6.45) is 1.39. The summed E-state index contributed by atoms with van der Waals surface area (Å²) in [5.41, 5.74) is 2.73. The lowest BCUT2D eigenvalue weighted by Crippen LogP contribution is -2.22. The lowest BCUT2D eigenvalue weighted by Gasteiger charge is -2.08. The smallest absolute Gasteiger partial charge is 0.345 e. The van der Waals surface area contributed by atoms with Gasteiger partial charge in [0.1, 0.15) is 11.6 Å². The highest BCUT2D eigenvalue weighted by molar-refractivity contribution is 6.04. The van der Waals surface area contributed by atoms with E-state index in [2.05, 4.69) is 10.5 Å². The van der Waals surface area contributed by atoms with Crippen LogP contribution in [0.15, 0.2) is 62.4 Å². The molecule has 0 aliphatic rings. The Kier molecular flexibility index (Phi) is 7.10. The number of carbonyl (C=O) groups is 1. The first-order chi connectivity index (χ1) is 15.9. The molecule has 1 aromatic heterocycles. The fourth-order valence-electron chi connectivity index (χ4n) is 3.04. The minimum Gasteiger partial charge on any atom is -0.493 e. The maximum atomic E-state index is 12.5. The summed E-state index contributed by atoms with van der Waals surface area (Å²) >= 11 is 0. The van der Waals surface area contributed by atoms with Crippen molar-refractivity contribution in [2.75, 3.05) is 21.3 Å². The van der Waals surface area contributed by atoms with Gasteiger partial charge < -0.3 is 18.6 Å². The second-order valence-electron chi connectivity index (χ2n) is 6.75. The van der Waals surface area contributed by atoms with Gasteiger partial charge in [0.05, 0.1) is 32.6 Å². The minimum absolute atomic E-state index is 0.165. The summed E-state index contributed by atoms with van der Waals surface area (Å²) in [6.45, 7) is 1.54. The number of rotatable bonds is 7. The van der Waals surface area contributed by atoms with Gasteiger partial charge >= 0.3 is 5.63 Å². The SMILES string of the molecule is COc1ccc(/C=C(\C#N)C(=O)N/N=C(\C)c2cc3cccc(OC)c3oc2=O)cc1OC. The van der Waals surface area contributed by atoms with Crippen molar-refractivity contribution in [3.8, 4) is 23.3 Å². The molecule has 0 spiro atoms. The topological polar surface area (TPSA) is 123 Å². The van der Waals surface area contributed by atoms with Crippen LogP contribution < -0.4 is 25.3 Å². The van der Waals surface area contributed by atoms with Gasteiger partial charge in [-0.1, -0.05) is 18.2 Å². The third kappa shape index (κ3) is 5.02. The van der Waals surface area contributed by atoms with Crippen molar-refractivity contribution < 1.29 is 23.4 Å². The number of nitriles is 1. The number of hydrogen-bond donors (Lipinski definition) is 1. The minimum atomic E-state index is -0.738. The van der Waals surface area contributed by atoms with E-state index in [1.165, 1.54) is 27.4 Å². The molecular formula is C24H21N3O6. The largest absolute Gasteiger partial charge is 0.493 e. The van der Waals surface area contributed by atoms with Gasteiger partial charge in [-0.05, 0) is 42.8 Å². The zero-order valence-electron chi connectivity index (χ0n) is 18.5. The van der Waals surface area contributed by atoms with E-state index in [0.717, 1.165) is 0 Å². The molecule has 0 saturated carbocycles. The van der Waals surface area contributed by atoms with Crippen molar-refractivity contribution in [2.24, 2.45) is 5.10 Å². The van der Waals surface area contributed by atoms with E-state index < -0.39 is 11.5 Å². The van der Waals surface area contributed by atoms with E-state index in [-0.39, 0.29) is 16.8 Å². The van der Waals surface area contributed by atoms with Crippen molar-refractivity contribution in [3.05, 3.63) is 69.6 Å². The zero-order valence-corrected chi connectivity index (χ0v) is 18.5. The van der Waals surface area contributed by atoms with Gasteiger partial charge in [-0.15, -0.1) is 0 Å². The molecule has 3 aromatic rings. The number of ether oxygens (including phenoxy) is 3. The van der Waals surface area contributed by atoms with Gasteiger partial charge in [0.15, 0.2) is 22.8 Å². The summed E-state index contributed by atoms with van der Waals surface area (Å²) in [5, 5.41) is 14.0. The highest BCUT2D eigenvalue weighted by Crippen LogP contribution is 2.28. The van der Waals surface area contributed by atoms with Gasteiger partial charge in [0.25, 0.3) is 5.91 Å². The van der Waals surface area contributed by atoms with E-state index in [4.69, 9.17) is 18.6 Å². The lowest BCUT2D eigenvalue weighted by atomic mass is 10.1. The molecule has 0 aliphatic heterocycles. The average Bonchev–Trinajstić information content (AvgIpc) is 2.84. The Balaban J connectivity index is 1.86. The lowest BCUT2D eigenvalue weighted by molar-refractivity contribution is -0.117. The molecule has 0 radical (unpaired) electrons. The van der Waals surface area contributed by atoms with Gasteiger partial charge in [-0.2, -0.15) is 10.4 Å². The number of methoxy groups -OCH3 is 3. The Hall–Kier alpha value is -4.58. The molecule has 1 heterocycles. The summed E-state index contributed by atoms with van der Waals surface area (Å²) in [7, 11) is 4.47. The maximum Gasteiger partial charge on any atom is 0.345 e. The molecule has 168 valence electrons. The van der Waals surface area contributed by atoms with Gasteiger partial charge in [0, 0.05) is 5.39 Å². The molecule has 33 heavy (non-hydrogen) atoms. The number of carbonyl (C=O) groups excluding carboxylic acids is 1. The second kappa shape index (κ2) is 10.2. The molecule has 2 aromatic carbocycles. The Morgan fingerprint density at radius 2 is 1.79 bits per heavy atom. The summed E-state index contributed by atoms with van der Waals surface area (Å²) in [5.74, 6) is 0.665. The third-order valence-corrected chi connectivity index (χ3v) is 4.74. The van der Waals surface area contributed by atoms with Crippen molar-refractivity contribution >= 4 is 28.7 Å². The monoisotopic (exact) mass is 447 g/mol. The summed E-state index contributed by atoms with van der Waals surface area (Å²) < 4.78 is 21.0. The standard InChI is InChI=1S/C24H21N3O6/c1-14(18-12-16-6-5-7-20(31-3)22(16)33-24(18)29)26-27-23(28)17(13-25)10-15-8-9-19(30-2)21(11-15)32-4/h5-12H,1-4H3,(H,27,28)/b17-10+,26-14+. The molecule has 0 aliphatic carbocycles. The molecule has 1 amide bonds. The summed E-state index contributed by atoms with van der Waals surface area (Å²) in [6, 6.07) is 13.6. The number of benzene rings is 2. The molecule has 9 nitrogen and oxygen atoms in total. The number of para-hydroxylation sites is 1. The molecule has 9 heteroatoms. The fraction of sp³-hybridized carbons (Fsp3) is 0.167. The van der Waals surface area contributed by atoms with Crippen LogP contribution in [0.5, 0.6) is 17.2 Å². The van der Waals surface area contributed by atoms with Crippen LogP contribution in [0, 0.1) is 11.3 Å². The van der Waals surface area contributed by atoms with Crippen LogP contribution in [0.1, 0.15) is 18.1 Å². The predicted octanol–water partition coefficient (Wildman–Crippen LogP) is 3.27. The van der Waals surface area contributed by atoms with Crippen LogP contribution in [-0.4, -0.2) is 32.9 Å². The maximum absolute atomic E-state index is 12.5. The van der Waals surface area contributed by atoms with E-state index in [1.807, 2.05) is 6.07 Å². The molecule has 0 atom stereocenters. The van der Waals surface area contributed by atoms with Crippen molar-refractivity contribution in [3.63, 3.8) is 0 Å². The van der Waals surface area contributed by atoms with Crippen LogP contribution in [0.3, 0.4) is 0 Å². The van der Waals surface area contributed by atoms with Crippen LogP contribution in [0.2, 0.25) is 0 Å². The Labute approximate surface area is 189 Å². The van der Waals surface area contributed by atoms with Crippen molar-refractivity contribution in [2.45, 2.75) is 6.92 Å². The van der Waals surface area contributed by atoms with Gasteiger partial charge in [-0.3, -0.25) is 4.79 Å². The predicted molar refractivity (Wildman–Crippen MR) is 123 cm³/mol. The highest BCUT2D eigenvalue weighted by atomic mass is 16.5. The van der Waals surface area contributed by atoms with Gasteiger partial charge in [0.2, 0.25) is 0 Å². The van der Waals surface area contributed by atoms with Crippen LogP contribution in [0.25, 0.3) is 17.0 Å². The highest BCUT2D eigenvalue weighted by Gasteiger charge is 2.14. The number of hydrogen-bond acceptors (Lipinski definition) is 8. The second-order valence-corrected chi connectivity index (χ2v) is 6.75. The molecule has 0 saturated heterocycles. The molecular weight excluding hydrogens is 426 g/mol. The van der Waals surface area contributed by atoms with Crippen molar-refractivity contribution in [1.29, 1.82) is 5.26 Å². The first-order valence-electron chi connectivity index (χ1n) is 9.71. The first-order valence-corrected chi connectivity index (χ1v) is 9.71. The molecule has 0 fully saturated rings. The van der Waals surface area contributed by atoms with Crippen molar-refractivity contribution in [1.82, 2.24) is 5.43 Å². The normalized spacial score (nSPS) is 11.6. The number of nitrogens with zero attached hydrogens (tertiary/aromatic N) is 2. The molecule has 0 unspecified atom stereocenters. The number of hydrazone groups is 1. The average molecular weight is 447 g/mol. The Bertz CT molecular complexity index is 1360. The third-order valence-electron chi connectivity index (χ3n) is 4.74. The van der Waals surface area contributed by atoms with E-state index in [0.29, 0.717) is 33.8 Å². The summed E-state index contributed by atoms with van der Waals surface area (Å²) in [4.78, 5) is 24.9. The van der Waals surface area contributed by atoms with Crippen LogP contribution in [0.4, 0.5) is 0 Å². The van der Waals surface area contributed by atoms with E-state index in [1.54, 1.807) is 49.4 Å². The zero-order chi connectivity index (χ0) is 24.0. The number of nitrogens with one attached hydrogen (secondary N) is 1. The number of amides is 1. The number of fused-ring (bicyclic) bond motifs is 1. The van der Waals surface area contributed by atoms with Gasteiger partial charge in [-0.25, -0.2) is 10.2 Å². The molecule has 1 N–H and O–H groups in total. The quantitative estimate of drug-likeness (QED) is 0.194.